The van der Waals surface area contributed by atoms with Crippen LogP contribution in [-0.2, 0) is 14.3 Å². The van der Waals surface area contributed by atoms with Crippen LogP contribution >= 0.6 is 0 Å². The molecule has 0 bridgehead atoms. The van der Waals surface area contributed by atoms with Crippen molar-refractivity contribution < 1.29 is 29.6 Å². The van der Waals surface area contributed by atoms with Gasteiger partial charge in [0.15, 0.2) is 5.96 Å². The second-order valence-corrected chi connectivity index (χ2v) is 6.34. The number of carbonyl (C=O) groups excluding carboxylic acids is 1. The van der Waals surface area contributed by atoms with Crippen molar-refractivity contribution >= 4 is 17.8 Å². The summed E-state index contributed by atoms with van der Waals surface area (Å²) >= 11 is 0. The smallest absolute Gasteiger partial charge is 0.370 e. The molecule has 0 radical (unpaired) electrons. The Morgan fingerprint density at radius 1 is 1.40 bits per heavy atom. The molecule has 8 N–H and O–H groups in total. The maximum absolute atomic E-state index is 11.6. The van der Waals surface area contributed by atoms with Gasteiger partial charge in [-0.25, -0.2) is 9.79 Å². The minimum Gasteiger partial charge on any atom is -0.478 e. The fraction of sp³-hybridized carbons (Fsp3) is 0.667. The molecule has 1 heterocycles. The molecular formula is C15H24N4O6. The number of aliphatic carboxylic acids is 1. The molecule has 140 valence electrons. The van der Waals surface area contributed by atoms with Crippen molar-refractivity contribution in [2.45, 2.75) is 56.6 Å². The SMILES string of the molecule is CC(=O)N[C@@H]1[C@@H](N=C(N)N)C=C(C(=O)O)O[C@H]1C(O)C1CCCC1O. The van der Waals surface area contributed by atoms with Crippen LogP contribution in [0.4, 0.5) is 0 Å². The summed E-state index contributed by atoms with van der Waals surface area (Å²) < 4.78 is 5.43. The number of hydrogen-bond acceptors (Lipinski definition) is 6. The first-order valence-corrected chi connectivity index (χ1v) is 8.04. The molecule has 6 atom stereocenters. The van der Waals surface area contributed by atoms with Crippen molar-refractivity contribution in [1.82, 2.24) is 5.32 Å². The van der Waals surface area contributed by atoms with Gasteiger partial charge in [-0.1, -0.05) is 6.42 Å². The van der Waals surface area contributed by atoms with Crippen molar-refractivity contribution in [1.29, 1.82) is 0 Å². The lowest BCUT2D eigenvalue weighted by Gasteiger charge is -2.39. The van der Waals surface area contributed by atoms with Crippen LogP contribution in [0.25, 0.3) is 0 Å². The lowest BCUT2D eigenvalue weighted by atomic mass is 9.86. The summed E-state index contributed by atoms with van der Waals surface area (Å²) in [6.45, 7) is 1.27. The average Bonchev–Trinajstić information content (AvgIpc) is 2.93. The van der Waals surface area contributed by atoms with Gasteiger partial charge in [0.2, 0.25) is 11.7 Å². The lowest BCUT2D eigenvalue weighted by molar-refractivity contribution is -0.143. The van der Waals surface area contributed by atoms with Gasteiger partial charge in [-0.3, -0.25) is 4.79 Å². The van der Waals surface area contributed by atoms with E-state index in [0.717, 1.165) is 6.42 Å². The Bertz CT molecular complexity index is 589. The molecule has 0 saturated heterocycles. The minimum atomic E-state index is -1.35. The standard InChI is InChI=1S/C15H24N4O6/c1-6(20)18-11-8(19-15(16)17)5-10(14(23)24)25-13(11)12(22)7-3-2-4-9(7)21/h5,7-9,11-13,21-22H,2-4H2,1H3,(H,18,20)(H,23,24)(H4,16,17,19)/t7?,8-,9?,11+,12?,13+/m0/s1. The Kier molecular flexibility index (Phi) is 5.85. The summed E-state index contributed by atoms with van der Waals surface area (Å²) in [4.78, 5) is 26.9. The number of ether oxygens (including phenoxy) is 1. The number of carboxylic acid groups (broad SMARTS) is 1. The summed E-state index contributed by atoms with van der Waals surface area (Å²) in [5, 5.41) is 32.6. The number of rotatable bonds is 5. The monoisotopic (exact) mass is 356 g/mol. The number of carbonyl (C=O) groups is 2. The second kappa shape index (κ2) is 7.70. The third kappa shape index (κ3) is 4.40. The molecule has 3 unspecified atom stereocenters. The Balaban J connectivity index is 2.39. The van der Waals surface area contributed by atoms with Crippen LogP contribution in [0.15, 0.2) is 16.8 Å². The first kappa shape index (κ1) is 19.0. The first-order valence-electron chi connectivity index (χ1n) is 8.04. The number of nitrogens with zero attached hydrogens (tertiary/aromatic N) is 1. The van der Waals surface area contributed by atoms with Gasteiger partial charge >= 0.3 is 5.97 Å². The van der Waals surface area contributed by atoms with Crippen LogP contribution in [0.3, 0.4) is 0 Å². The van der Waals surface area contributed by atoms with Gasteiger partial charge in [0.25, 0.3) is 0 Å². The van der Waals surface area contributed by atoms with E-state index in [9.17, 15) is 24.9 Å². The Morgan fingerprint density at radius 2 is 2.08 bits per heavy atom. The van der Waals surface area contributed by atoms with E-state index < -0.39 is 53.9 Å². The number of nitrogens with two attached hydrogens (primary N) is 2. The molecule has 0 aromatic heterocycles. The van der Waals surface area contributed by atoms with Crippen molar-refractivity contribution in [3.63, 3.8) is 0 Å². The molecule has 1 aliphatic heterocycles. The quantitative estimate of drug-likeness (QED) is 0.242. The number of aliphatic hydroxyl groups excluding tert-OH is 2. The minimum absolute atomic E-state index is 0.294. The molecule has 2 rings (SSSR count). The highest BCUT2D eigenvalue weighted by molar-refractivity contribution is 5.85. The summed E-state index contributed by atoms with van der Waals surface area (Å²) in [7, 11) is 0. The zero-order chi connectivity index (χ0) is 18.7. The van der Waals surface area contributed by atoms with Crippen LogP contribution in [0.5, 0.6) is 0 Å². The molecular weight excluding hydrogens is 332 g/mol. The Hall–Kier alpha value is -2.33. The van der Waals surface area contributed by atoms with E-state index in [2.05, 4.69) is 10.3 Å². The summed E-state index contributed by atoms with van der Waals surface area (Å²) in [6.07, 6.45) is -0.0278. The van der Waals surface area contributed by atoms with Crippen molar-refractivity contribution in [2.24, 2.45) is 22.4 Å². The van der Waals surface area contributed by atoms with Gasteiger partial charge in [-0.15, -0.1) is 0 Å². The molecule has 10 nitrogen and oxygen atoms in total. The zero-order valence-corrected chi connectivity index (χ0v) is 13.8. The number of carboxylic acids is 1. The van der Waals surface area contributed by atoms with E-state index in [1.807, 2.05) is 0 Å². The summed E-state index contributed by atoms with van der Waals surface area (Å²) in [6, 6.07) is -1.81. The Labute approximate surface area is 144 Å². The maximum Gasteiger partial charge on any atom is 0.370 e. The molecule has 10 heteroatoms. The number of nitrogens with one attached hydrogen (secondary N) is 1. The highest BCUT2D eigenvalue weighted by Crippen LogP contribution is 2.34. The van der Waals surface area contributed by atoms with E-state index in [1.54, 1.807) is 0 Å². The fourth-order valence-electron chi connectivity index (χ4n) is 3.42. The van der Waals surface area contributed by atoms with E-state index in [-0.39, 0.29) is 5.96 Å². The fourth-order valence-corrected chi connectivity index (χ4v) is 3.42. The van der Waals surface area contributed by atoms with Crippen LogP contribution in [0, 0.1) is 5.92 Å². The highest BCUT2D eigenvalue weighted by Gasteiger charge is 2.46. The molecule has 0 aromatic carbocycles. The van der Waals surface area contributed by atoms with Crippen molar-refractivity contribution in [3.05, 3.63) is 11.8 Å². The van der Waals surface area contributed by atoms with Crippen LogP contribution < -0.4 is 16.8 Å². The van der Waals surface area contributed by atoms with Crippen LogP contribution in [-0.4, -0.2) is 63.6 Å². The van der Waals surface area contributed by atoms with Gasteiger partial charge in [0.05, 0.1) is 24.3 Å². The first-order chi connectivity index (χ1) is 11.7. The second-order valence-electron chi connectivity index (χ2n) is 6.34. The topological polar surface area (TPSA) is 180 Å². The summed E-state index contributed by atoms with van der Waals surface area (Å²) in [5.41, 5.74) is 10.8. The predicted octanol–water partition coefficient (Wildman–Crippen LogP) is -1.98. The normalized spacial score (nSPS) is 32.9. The summed E-state index contributed by atoms with van der Waals surface area (Å²) in [5.74, 6) is -2.97. The van der Waals surface area contributed by atoms with Crippen LogP contribution in [0.1, 0.15) is 26.2 Å². The largest absolute Gasteiger partial charge is 0.478 e. The molecule has 25 heavy (non-hydrogen) atoms. The Morgan fingerprint density at radius 3 is 2.56 bits per heavy atom. The van der Waals surface area contributed by atoms with Crippen LogP contribution in [0.2, 0.25) is 0 Å². The molecule has 0 spiro atoms. The number of guanidine groups is 1. The highest BCUT2D eigenvalue weighted by atomic mass is 16.5. The van der Waals surface area contributed by atoms with Gasteiger partial charge in [-0.2, -0.15) is 0 Å². The maximum atomic E-state index is 11.6. The van der Waals surface area contributed by atoms with Crippen molar-refractivity contribution in [3.8, 4) is 0 Å². The van der Waals surface area contributed by atoms with E-state index in [1.165, 1.54) is 13.0 Å². The van der Waals surface area contributed by atoms with E-state index >= 15 is 0 Å². The van der Waals surface area contributed by atoms with Gasteiger partial charge in [0.1, 0.15) is 6.10 Å². The van der Waals surface area contributed by atoms with E-state index in [4.69, 9.17) is 16.2 Å². The average molecular weight is 356 g/mol. The zero-order valence-electron chi connectivity index (χ0n) is 13.8. The third-order valence-electron chi connectivity index (χ3n) is 4.49. The lowest BCUT2D eigenvalue weighted by Crippen LogP contribution is -2.59. The molecule has 1 saturated carbocycles. The number of aliphatic imine (C=N–C) groups is 1. The van der Waals surface area contributed by atoms with E-state index in [0.29, 0.717) is 12.8 Å². The van der Waals surface area contributed by atoms with Gasteiger partial charge in [-0.05, 0) is 18.9 Å². The number of hydrogen-bond donors (Lipinski definition) is 6. The molecule has 1 amide bonds. The number of amides is 1. The number of aliphatic hydroxyl groups is 2. The molecule has 1 aliphatic carbocycles. The predicted molar refractivity (Wildman–Crippen MR) is 87.1 cm³/mol. The molecule has 2 aliphatic rings. The third-order valence-corrected chi connectivity index (χ3v) is 4.49. The molecule has 0 aromatic rings. The van der Waals surface area contributed by atoms with Gasteiger partial charge in [0, 0.05) is 12.8 Å². The van der Waals surface area contributed by atoms with Gasteiger partial charge < -0.3 is 36.8 Å². The van der Waals surface area contributed by atoms with Crippen molar-refractivity contribution in [2.75, 3.05) is 0 Å². The molecule has 1 fully saturated rings.